The van der Waals surface area contributed by atoms with Crippen molar-refractivity contribution in [3.05, 3.63) is 29.8 Å². The number of benzene rings is 1. The van der Waals surface area contributed by atoms with Crippen LogP contribution in [-0.4, -0.2) is 17.1 Å². The predicted molar refractivity (Wildman–Crippen MR) is 54.1 cm³/mol. The van der Waals surface area contributed by atoms with E-state index in [4.69, 9.17) is 10.8 Å². The lowest BCUT2D eigenvalue weighted by atomic mass is 10.1. The number of primary amides is 1. The number of rotatable bonds is 3. The third-order valence-electron chi connectivity index (χ3n) is 1.87. The van der Waals surface area contributed by atoms with E-state index in [1.165, 1.54) is 0 Å². The molecule has 4 nitrogen and oxygen atoms in total. The molecule has 1 amide bonds. The van der Waals surface area contributed by atoms with E-state index in [0.717, 1.165) is 10.3 Å². The molecule has 0 fully saturated rings. The normalized spacial score (nSPS) is 12.4. The molecule has 5 heteroatoms. The number of phenols is 1. The monoisotopic (exact) mass is 212 g/mol. The Morgan fingerprint density at radius 1 is 1.50 bits per heavy atom. The fraction of sp³-hybridized carbons (Fsp3) is 0.222. The van der Waals surface area contributed by atoms with Gasteiger partial charge in [0, 0.05) is 6.42 Å². The van der Waals surface area contributed by atoms with Gasteiger partial charge in [0.25, 0.3) is 0 Å². The SMILES string of the molecule is N[C@@H](Cc1ccc(O)cc1)C(=O)[NH2+][S-]. The van der Waals surface area contributed by atoms with Crippen molar-refractivity contribution in [2.45, 2.75) is 12.5 Å². The molecule has 0 spiro atoms. The summed E-state index contributed by atoms with van der Waals surface area (Å²) < 4.78 is 1.06. The van der Waals surface area contributed by atoms with Gasteiger partial charge in [0.1, 0.15) is 11.8 Å². The molecule has 0 saturated carbocycles. The number of carbonyl (C=O) groups is 1. The van der Waals surface area contributed by atoms with Crippen LogP contribution in [0.2, 0.25) is 0 Å². The molecular formula is C9H12N2O2S. The lowest BCUT2D eigenvalue weighted by Gasteiger charge is -2.09. The van der Waals surface area contributed by atoms with Crippen LogP contribution in [0.4, 0.5) is 0 Å². The van der Waals surface area contributed by atoms with Crippen molar-refractivity contribution in [1.29, 1.82) is 0 Å². The molecule has 0 aliphatic rings. The Balaban J connectivity index is 2.60. The average Bonchev–Trinajstić information content (AvgIpc) is 2.20. The summed E-state index contributed by atoms with van der Waals surface area (Å²) in [4.78, 5) is 11.0. The predicted octanol–water partition coefficient (Wildman–Crippen LogP) is -1.19. The molecule has 1 rings (SSSR count). The molecular weight excluding hydrogens is 200 g/mol. The zero-order valence-electron chi connectivity index (χ0n) is 7.51. The molecule has 1 aromatic carbocycles. The van der Waals surface area contributed by atoms with Crippen molar-refractivity contribution < 1.29 is 14.6 Å². The number of quaternary nitrogens is 1. The summed E-state index contributed by atoms with van der Waals surface area (Å²) in [6, 6.07) is 5.99. The van der Waals surface area contributed by atoms with Crippen LogP contribution in [0.5, 0.6) is 5.75 Å². The van der Waals surface area contributed by atoms with Crippen LogP contribution in [-0.2, 0) is 24.0 Å². The molecule has 0 heterocycles. The fourth-order valence-electron chi connectivity index (χ4n) is 1.07. The maximum atomic E-state index is 11.0. The molecule has 0 saturated heterocycles. The number of carbonyl (C=O) groups excluding carboxylic acids is 1. The highest BCUT2D eigenvalue weighted by Gasteiger charge is 2.13. The van der Waals surface area contributed by atoms with E-state index in [1.807, 2.05) is 0 Å². The highest BCUT2D eigenvalue weighted by Crippen LogP contribution is 2.10. The molecule has 0 radical (unpaired) electrons. The molecule has 14 heavy (non-hydrogen) atoms. The van der Waals surface area contributed by atoms with Crippen molar-refractivity contribution in [3.63, 3.8) is 0 Å². The van der Waals surface area contributed by atoms with E-state index in [0.29, 0.717) is 6.42 Å². The minimum absolute atomic E-state index is 0.198. The van der Waals surface area contributed by atoms with E-state index in [1.54, 1.807) is 24.3 Å². The van der Waals surface area contributed by atoms with Gasteiger partial charge >= 0.3 is 5.91 Å². The smallest absolute Gasteiger partial charge is 0.310 e. The number of aromatic hydroxyl groups is 1. The zero-order valence-corrected chi connectivity index (χ0v) is 8.33. The first-order chi connectivity index (χ1) is 6.63. The van der Waals surface area contributed by atoms with Crippen LogP contribution in [0.15, 0.2) is 24.3 Å². The highest BCUT2D eigenvalue weighted by atomic mass is 32.1. The van der Waals surface area contributed by atoms with Gasteiger partial charge in [-0.25, -0.2) is 4.79 Å². The summed E-state index contributed by atoms with van der Waals surface area (Å²) in [5, 5.41) is 9.03. The first-order valence-electron chi connectivity index (χ1n) is 4.16. The number of phenolic OH excluding ortho intramolecular Hbond substituents is 1. The Kier molecular flexibility index (Phi) is 3.94. The summed E-state index contributed by atoms with van der Waals surface area (Å²) in [5.41, 5.74) is 6.49. The Bertz CT molecular complexity index is 313. The van der Waals surface area contributed by atoms with Crippen molar-refractivity contribution in [3.8, 4) is 5.75 Å². The second-order valence-electron chi connectivity index (χ2n) is 3.00. The summed E-state index contributed by atoms with van der Waals surface area (Å²) in [6.45, 7) is 0. The maximum Gasteiger partial charge on any atom is 0.310 e. The second kappa shape index (κ2) is 4.99. The average molecular weight is 212 g/mol. The van der Waals surface area contributed by atoms with Gasteiger partial charge in [0.05, 0.1) is 0 Å². The number of hydrogen-bond acceptors (Lipinski definition) is 4. The number of amides is 1. The zero-order chi connectivity index (χ0) is 10.6. The lowest BCUT2D eigenvalue weighted by molar-refractivity contribution is -0.397. The van der Waals surface area contributed by atoms with Gasteiger partial charge in [-0.2, -0.15) is 0 Å². The molecule has 76 valence electrons. The summed E-state index contributed by atoms with van der Waals surface area (Å²) in [7, 11) is 0. The van der Waals surface area contributed by atoms with E-state index in [-0.39, 0.29) is 11.7 Å². The quantitative estimate of drug-likeness (QED) is 0.551. The van der Waals surface area contributed by atoms with Crippen LogP contribution < -0.4 is 10.5 Å². The van der Waals surface area contributed by atoms with E-state index >= 15 is 0 Å². The minimum atomic E-state index is -0.586. The van der Waals surface area contributed by atoms with Crippen molar-refractivity contribution in [1.82, 2.24) is 0 Å². The first-order valence-corrected chi connectivity index (χ1v) is 4.63. The first kappa shape index (κ1) is 11.0. The second-order valence-corrected chi connectivity index (χ2v) is 3.23. The number of hydrogen-bond donors (Lipinski definition) is 3. The molecule has 0 bridgehead atoms. The Morgan fingerprint density at radius 2 is 2.07 bits per heavy atom. The third kappa shape index (κ3) is 3.02. The summed E-state index contributed by atoms with van der Waals surface area (Å²) in [6.07, 6.45) is 0.437. The van der Waals surface area contributed by atoms with Crippen LogP contribution >= 0.6 is 0 Å². The van der Waals surface area contributed by atoms with Crippen molar-refractivity contribution in [2.75, 3.05) is 0 Å². The Morgan fingerprint density at radius 3 is 2.57 bits per heavy atom. The highest BCUT2D eigenvalue weighted by molar-refractivity contribution is 7.51. The summed E-state index contributed by atoms with van der Waals surface area (Å²) >= 11 is 4.49. The molecule has 1 atom stereocenters. The maximum absolute atomic E-state index is 11.0. The van der Waals surface area contributed by atoms with Crippen LogP contribution in [0.25, 0.3) is 0 Å². The topological polar surface area (TPSA) is 79.9 Å². The van der Waals surface area contributed by atoms with Gasteiger partial charge in [-0.15, -0.1) is 0 Å². The van der Waals surface area contributed by atoms with E-state index < -0.39 is 6.04 Å². The van der Waals surface area contributed by atoms with Crippen molar-refractivity contribution in [2.24, 2.45) is 5.73 Å². The van der Waals surface area contributed by atoms with Gasteiger partial charge < -0.3 is 28.4 Å². The largest absolute Gasteiger partial charge is 0.508 e. The van der Waals surface area contributed by atoms with Crippen LogP contribution in [0, 0.1) is 0 Å². The van der Waals surface area contributed by atoms with Crippen molar-refractivity contribution >= 4 is 18.7 Å². The summed E-state index contributed by atoms with van der Waals surface area (Å²) in [5.74, 6) is -0.0449. The van der Waals surface area contributed by atoms with Crippen LogP contribution in [0.1, 0.15) is 5.56 Å². The van der Waals surface area contributed by atoms with E-state index in [2.05, 4.69) is 12.8 Å². The molecule has 0 aliphatic carbocycles. The molecule has 0 aliphatic heterocycles. The van der Waals surface area contributed by atoms with E-state index in [9.17, 15) is 4.79 Å². The Hall–Kier alpha value is -1.04. The van der Waals surface area contributed by atoms with Gasteiger partial charge in [0.2, 0.25) is 0 Å². The van der Waals surface area contributed by atoms with Gasteiger partial charge in [0.15, 0.2) is 0 Å². The standard InChI is InChI=1S/C9H12N2O2S/c10-8(9(13)11-14)5-6-1-3-7(12)4-2-6/h1-4,8,12H,5,10-11H2/t8-/m0/s1. The fourth-order valence-corrected chi connectivity index (χ4v) is 1.25. The molecule has 0 unspecified atom stereocenters. The minimum Gasteiger partial charge on any atom is -0.508 e. The molecule has 0 aromatic heterocycles. The Labute approximate surface area is 87.7 Å². The lowest BCUT2D eigenvalue weighted by Crippen LogP contribution is -2.86. The van der Waals surface area contributed by atoms with Crippen LogP contribution in [0.3, 0.4) is 0 Å². The third-order valence-corrected chi connectivity index (χ3v) is 2.11. The number of nitrogens with two attached hydrogens (primary N) is 2. The molecule has 1 aromatic rings. The molecule has 5 N–H and O–H groups in total. The van der Waals surface area contributed by atoms with Gasteiger partial charge in [-0.05, 0) is 17.7 Å². The van der Waals surface area contributed by atoms with Gasteiger partial charge in [-0.3, -0.25) is 0 Å². The van der Waals surface area contributed by atoms with Gasteiger partial charge in [-0.1, -0.05) is 12.1 Å².